The molecule has 0 saturated carbocycles. The van der Waals surface area contributed by atoms with Crippen LogP contribution in [-0.4, -0.2) is 10.8 Å². The zero-order chi connectivity index (χ0) is 22.3. The van der Waals surface area contributed by atoms with Gasteiger partial charge in [0.15, 0.2) is 0 Å². The average molecular weight is 428 g/mol. The highest BCUT2D eigenvalue weighted by Gasteiger charge is 2.37. The molecule has 0 atom stereocenters. The fourth-order valence-corrected chi connectivity index (χ4v) is 2.83. The van der Waals surface area contributed by atoms with E-state index in [1.807, 2.05) is 0 Å². The van der Waals surface area contributed by atoms with E-state index in [1.54, 1.807) is 0 Å². The molecule has 0 saturated heterocycles. The van der Waals surface area contributed by atoms with E-state index in [1.165, 1.54) is 24.3 Å². The van der Waals surface area contributed by atoms with E-state index in [4.69, 9.17) is 0 Å². The Morgan fingerprint density at radius 2 is 1.37 bits per heavy atom. The molecule has 3 aromatic carbocycles. The molecule has 1 amide bonds. The second-order valence-corrected chi connectivity index (χ2v) is 6.18. The summed E-state index contributed by atoms with van der Waals surface area (Å²) in [6.07, 6.45) is -10.2. The maximum atomic E-state index is 13.0. The van der Waals surface area contributed by atoms with Crippen molar-refractivity contribution in [3.8, 4) is 0 Å². The summed E-state index contributed by atoms with van der Waals surface area (Å²) in [5.74, 6) is -1.23. The number of alkyl halides is 6. The summed E-state index contributed by atoms with van der Waals surface area (Å²) in [4.78, 5) is 22.9. The maximum absolute atomic E-state index is 13.0. The molecule has 1 N–H and O–H groups in total. The van der Waals surface area contributed by atoms with Crippen molar-refractivity contribution in [3.63, 3.8) is 0 Å². The van der Waals surface area contributed by atoms with Gasteiger partial charge in [-0.3, -0.25) is 14.9 Å². The molecular weight excluding hydrogens is 418 g/mol. The van der Waals surface area contributed by atoms with Crippen LogP contribution >= 0.6 is 0 Å². The van der Waals surface area contributed by atoms with Gasteiger partial charge in [-0.25, -0.2) is 0 Å². The zero-order valence-corrected chi connectivity index (χ0v) is 14.6. The Balaban J connectivity index is 2.07. The molecule has 0 spiro atoms. The lowest BCUT2D eigenvalue weighted by molar-refractivity contribution is -0.383. The molecule has 0 fully saturated rings. The summed E-state index contributed by atoms with van der Waals surface area (Å²) in [7, 11) is 0. The highest BCUT2D eigenvalue weighted by Crippen LogP contribution is 2.37. The average Bonchev–Trinajstić information content (AvgIpc) is 2.66. The van der Waals surface area contributed by atoms with E-state index in [0.717, 1.165) is 12.1 Å². The van der Waals surface area contributed by atoms with Crippen LogP contribution in [0.4, 0.5) is 37.7 Å². The molecule has 0 aromatic heterocycles. The van der Waals surface area contributed by atoms with Crippen molar-refractivity contribution in [2.24, 2.45) is 0 Å². The van der Waals surface area contributed by atoms with Gasteiger partial charge in [-0.2, -0.15) is 26.3 Å². The topological polar surface area (TPSA) is 72.2 Å². The number of amides is 1. The van der Waals surface area contributed by atoms with Crippen molar-refractivity contribution < 1.29 is 36.1 Å². The molecule has 0 heterocycles. The fourth-order valence-electron chi connectivity index (χ4n) is 2.83. The smallest absolute Gasteiger partial charge is 0.321 e. The Hall–Kier alpha value is -3.63. The van der Waals surface area contributed by atoms with Crippen LogP contribution in [0.5, 0.6) is 0 Å². The van der Waals surface area contributed by atoms with Crippen LogP contribution in [-0.2, 0) is 12.4 Å². The number of rotatable bonds is 3. The monoisotopic (exact) mass is 428 g/mol. The van der Waals surface area contributed by atoms with Gasteiger partial charge in [-0.1, -0.05) is 18.2 Å². The molecule has 0 aliphatic heterocycles. The number of non-ortho nitro benzene ring substituents is 1. The Bertz CT molecular complexity index is 1120. The van der Waals surface area contributed by atoms with Gasteiger partial charge in [0.25, 0.3) is 11.6 Å². The third-order valence-corrected chi connectivity index (χ3v) is 4.20. The van der Waals surface area contributed by atoms with Gasteiger partial charge >= 0.3 is 12.4 Å². The first-order chi connectivity index (χ1) is 13.9. The van der Waals surface area contributed by atoms with E-state index in [-0.39, 0.29) is 28.2 Å². The number of nitrogens with one attached hydrogen (secondary N) is 1. The number of nitrogens with zero attached hydrogens (tertiary/aromatic N) is 1. The number of fused-ring (bicyclic) bond motifs is 1. The molecule has 11 heteroatoms. The minimum absolute atomic E-state index is 0.00725. The summed E-state index contributed by atoms with van der Waals surface area (Å²) in [5.41, 5.74) is -4.40. The number of nitro groups is 1. The number of benzene rings is 3. The Kier molecular flexibility index (Phi) is 5.15. The molecule has 3 rings (SSSR count). The maximum Gasteiger partial charge on any atom is 0.416 e. The van der Waals surface area contributed by atoms with Crippen LogP contribution in [0.3, 0.4) is 0 Å². The summed E-state index contributed by atoms with van der Waals surface area (Å²) in [5, 5.41) is 13.7. The van der Waals surface area contributed by atoms with E-state index in [0.29, 0.717) is 12.1 Å². The number of nitro benzene ring substituents is 1. The van der Waals surface area contributed by atoms with Crippen LogP contribution in [0.25, 0.3) is 10.8 Å². The minimum Gasteiger partial charge on any atom is -0.321 e. The standard InChI is InChI=1S/C19H10F6N2O3/c20-18(21,22)11-7-10(8-12(9-11)19(23,24)25)17(28)26-15-5-6-16(27(29)30)14-4-2-1-3-13(14)15/h1-9H,(H,26,28). The number of anilines is 1. The number of carbonyl (C=O) groups is 1. The first-order valence-electron chi connectivity index (χ1n) is 8.15. The van der Waals surface area contributed by atoms with Crippen molar-refractivity contribution in [2.45, 2.75) is 12.4 Å². The van der Waals surface area contributed by atoms with Gasteiger partial charge < -0.3 is 5.32 Å². The molecule has 0 bridgehead atoms. The second kappa shape index (κ2) is 7.32. The van der Waals surface area contributed by atoms with E-state index >= 15 is 0 Å². The number of hydrogen-bond donors (Lipinski definition) is 1. The van der Waals surface area contributed by atoms with E-state index in [9.17, 15) is 41.3 Å². The van der Waals surface area contributed by atoms with Gasteiger partial charge in [0, 0.05) is 22.7 Å². The molecule has 0 radical (unpaired) electrons. The van der Waals surface area contributed by atoms with E-state index < -0.39 is 39.9 Å². The largest absolute Gasteiger partial charge is 0.416 e. The Morgan fingerprint density at radius 3 is 1.87 bits per heavy atom. The third-order valence-electron chi connectivity index (χ3n) is 4.20. The van der Waals surface area contributed by atoms with Crippen molar-refractivity contribution >= 4 is 28.1 Å². The van der Waals surface area contributed by atoms with Crippen LogP contribution in [0.2, 0.25) is 0 Å². The molecule has 30 heavy (non-hydrogen) atoms. The highest BCUT2D eigenvalue weighted by molar-refractivity contribution is 6.10. The van der Waals surface area contributed by atoms with Crippen molar-refractivity contribution in [1.29, 1.82) is 0 Å². The molecule has 3 aromatic rings. The van der Waals surface area contributed by atoms with Gasteiger partial charge in [0.1, 0.15) is 0 Å². The Morgan fingerprint density at radius 1 is 0.833 bits per heavy atom. The fraction of sp³-hybridized carbons (Fsp3) is 0.105. The molecule has 0 aliphatic rings. The quantitative estimate of drug-likeness (QED) is 0.314. The van der Waals surface area contributed by atoms with E-state index in [2.05, 4.69) is 5.32 Å². The minimum atomic E-state index is -5.10. The van der Waals surface area contributed by atoms with Crippen molar-refractivity contribution in [3.05, 3.63) is 81.4 Å². The number of hydrogen-bond acceptors (Lipinski definition) is 3. The van der Waals surface area contributed by atoms with Crippen LogP contribution in [0.1, 0.15) is 21.5 Å². The normalized spacial score (nSPS) is 12.1. The lowest BCUT2D eigenvalue weighted by atomic mass is 10.0. The van der Waals surface area contributed by atoms with Crippen molar-refractivity contribution in [2.75, 3.05) is 5.32 Å². The SMILES string of the molecule is O=C(Nc1ccc([N+](=O)[O-])c2ccccc12)c1cc(C(F)(F)F)cc(C(F)(F)F)c1. The molecule has 156 valence electrons. The second-order valence-electron chi connectivity index (χ2n) is 6.18. The third kappa shape index (κ3) is 4.19. The lowest BCUT2D eigenvalue weighted by Crippen LogP contribution is -2.17. The van der Waals surface area contributed by atoms with Gasteiger partial charge in [0.2, 0.25) is 0 Å². The summed E-state index contributed by atoms with van der Waals surface area (Å²) < 4.78 is 78.0. The molecule has 0 unspecified atom stereocenters. The Labute approximate surface area is 164 Å². The lowest BCUT2D eigenvalue weighted by Gasteiger charge is -2.15. The summed E-state index contributed by atoms with van der Waals surface area (Å²) in [6.45, 7) is 0. The first-order valence-corrected chi connectivity index (χ1v) is 8.15. The number of carbonyl (C=O) groups excluding carboxylic acids is 1. The van der Waals surface area contributed by atoms with Gasteiger partial charge in [0.05, 0.1) is 21.4 Å². The summed E-state index contributed by atoms with van der Waals surface area (Å²) >= 11 is 0. The van der Waals surface area contributed by atoms with Gasteiger partial charge in [-0.15, -0.1) is 0 Å². The molecule has 5 nitrogen and oxygen atoms in total. The summed E-state index contributed by atoms with van der Waals surface area (Å²) in [6, 6.07) is 8.58. The van der Waals surface area contributed by atoms with Crippen molar-refractivity contribution in [1.82, 2.24) is 0 Å². The van der Waals surface area contributed by atoms with Crippen LogP contribution in [0.15, 0.2) is 54.6 Å². The highest BCUT2D eigenvalue weighted by atomic mass is 19.4. The van der Waals surface area contributed by atoms with Crippen LogP contribution < -0.4 is 5.32 Å². The first kappa shape index (κ1) is 21.1. The zero-order valence-electron chi connectivity index (χ0n) is 14.6. The van der Waals surface area contributed by atoms with Gasteiger partial charge in [-0.05, 0) is 30.3 Å². The van der Waals surface area contributed by atoms with Crippen LogP contribution in [0, 0.1) is 10.1 Å². The predicted octanol–water partition coefficient (Wildman–Crippen LogP) is 6.04. The predicted molar refractivity (Wildman–Crippen MR) is 95.0 cm³/mol. The molecular formula is C19H10F6N2O3. The molecule has 0 aliphatic carbocycles. The number of halogens is 6.